The Kier molecular flexibility index (Phi) is 4.56. The first-order chi connectivity index (χ1) is 9.61. The summed E-state index contributed by atoms with van der Waals surface area (Å²) in [6, 6.07) is 14.9. The van der Waals surface area contributed by atoms with Crippen LogP contribution in [0, 0.1) is 12.7 Å². The topological polar surface area (TPSA) is 20.2 Å². The van der Waals surface area contributed by atoms with Gasteiger partial charge in [0.2, 0.25) is 0 Å². The van der Waals surface area contributed by atoms with Crippen molar-refractivity contribution in [1.29, 1.82) is 0 Å². The Hall–Kier alpha value is -1.67. The summed E-state index contributed by atoms with van der Waals surface area (Å²) in [6.45, 7) is 4.11. The lowest BCUT2D eigenvalue weighted by Crippen LogP contribution is -2.32. The van der Waals surface area contributed by atoms with Crippen molar-refractivity contribution in [2.45, 2.75) is 32.1 Å². The standard InChI is InChI=1S/C18H21FO/c1-3-18(13-20,16-7-5-4-6-8-16)12-15-11-17(19)10-9-14(15)2/h4-11,20H,3,12-13H2,1-2H3. The molecule has 1 atom stereocenters. The van der Waals surface area contributed by atoms with Crippen LogP contribution in [0.5, 0.6) is 0 Å². The largest absolute Gasteiger partial charge is 0.395 e. The van der Waals surface area contributed by atoms with Crippen LogP contribution in [0.2, 0.25) is 0 Å². The summed E-state index contributed by atoms with van der Waals surface area (Å²) in [5, 5.41) is 9.96. The van der Waals surface area contributed by atoms with Crippen molar-refractivity contribution in [3.05, 3.63) is 71.0 Å². The highest BCUT2D eigenvalue weighted by Gasteiger charge is 2.30. The molecule has 0 amide bonds. The molecule has 1 unspecified atom stereocenters. The average Bonchev–Trinajstić information content (AvgIpc) is 2.49. The number of aliphatic hydroxyl groups excluding tert-OH is 1. The number of aryl methyl sites for hydroxylation is 1. The molecular weight excluding hydrogens is 251 g/mol. The van der Waals surface area contributed by atoms with Crippen LogP contribution in [0.25, 0.3) is 0 Å². The van der Waals surface area contributed by atoms with E-state index in [0.29, 0.717) is 6.42 Å². The van der Waals surface area contributed by atoms with Gasteiger partial charge in [-0.2, -0.15) is 0 Å². The van der Waals surface area contributed by atoms with Crippen LogP contribution in [0.15, 0.2) is 48.5 Å². The van der Waals surface area contributed by atoms with Gasteiger partial charge in [0.25, 0.3) is 0 Å². The predicted molar refractivity (Wildman–Crippen MR) is 80.3 cm³/mol. The van der Waals surface area contributed by atoms with E-state index in [1.165, 1.54) is 6.07 Å². The number of hydrogen-bond acceptors (Lipinski definition) is 1. The fourth-order valence-corrected chi connectivity index (χ4v) is 2.68. The van der Waals surface area contributed by atoms with Gasteiger partial charge >= 0.3 is 0 Å². The smallest absolute Gasteiger partial charge is 0.123 e. The highest BCUT2D eigenvalue weighted by molar-refractivity contribution is 5.33. The quantitative estimate of drug-likeness (QED) is 0.871. The van der Waals surface area contributed by atoms with E-state index in [9.17, 15) is 9.50 Å². The van der Waals surface area contributed by atoms with Crippen molar-refractivity contribution in [3.63, 3.8) is 0 Å². The summed E-state index contributed by atoms with van der Waals surface area (Å²) in [5.74, 6) is -0.221. The van der Waals surface area contributed by atoms with Gasteiger partial charge in [0.1, 0.15) is 5.82 Å². The Morgan fingerprint density at radius 3 is 2.40 bits per heavy atom. The Morgan fingerprint density at radius 2 is 1.80 bits per heavy atom. The number of benzene rings is 2. The molecule has 0 aromatic heterocycles. The lowest BCUT2D eigenvalue weighted by molar-refractivity contribution is 0.186. The number of hydrogen-bond donors (Lipinski definition) is 1. The fourth-order valence-electron chi connectivity index (χ4n) is 2.68. The molecule has 0 aliphatic heterocycles. The Balaban J connectivity index is 2.42. The highest BCUT2D eigenvalue weighted by Crippen LogP contribution is 2.32. The molecule has 20 heavy (non-hydrogen) atoms. The SMILES string of the molecule is CCC(CO)(Cc1cc(F)ccc1C)c1ccccc1. The maximum absolute atomic E-state index is 13.5. The summed E-state index contributed by atoms with van der Waals surface area (Å²) in [6.07, 6.45) is 1.46. The summed E-state index contributed by atoms with van der Waals surface area (Å²) >= 11 is 0. The third-order valence-electron chi connectivity index (χ3n) is 4.21. The van der Waals surface area contributed by atoms with Crippen LogP contribution < -0.4 is 0 Å². The minimum Gasteiger partial charge on any atom is -0.395 e. The molecule has 0 spiro atoms. The van der Waals surface area contributed by atoms with E-state index in [1.807, 2.05) is 37.3 Å². The number of rotatable bonds is 5. The first-order valence-corrected chi connectivity index (χ1v) is 7.03. The average molecular weight is 272 g/mol. The van der Waals surface area contributed by atoms with Gasteiger partial charge in [-0.25, -0.2) is 4.39 Å². The zero-order valence-electron chi connectivity index (χ0n) is 12.1. The maximum atomic E-state index is 13.5. The monoisotopic (exact) mass is 272 g/mol. The normalized spacial score (nSPS) is 14.0. The van der Waals surface area contributed by atoms with Crippen LogP contribution >= 0.6 is 0 Å². The minimum absolute atomic E-state index is 0.0590. The van der Waals surface area contributed by atoms with Gasteiger partial charge in [0.15, 0.2) is 0 Å². The second-order valence-corrected chi connectivity index (χ2v) is 5.41. The number of halogens is 1. The minimum atomic E-state index is -0.347. The molecule has 2 aromatic rings. The van der Waals surface area contributed by atoms with Crippen molar-refractivity contribution in [3.8, 4) is 0 Å². The second kappa shape index (κ2) is 6.19. The van der Waals surface area contributed by atoms with Gasteiger partial charge in [0, 0.05) is 5.41 Å². The summed E-state index contributed by atoms with van der Waals surface area (Å²) in [5.41, 5.74) is 2.78. The van der Waals surface area contributed by atoms with Gasteiger partial charge in [-0.1, -0.05) is 43.3 Å². The van der Waals surface area contributed by atoms with Crippen molar-refractivity contribution >= 4 is 0 Å². The van der Waals surface area contributed by atoms with E-state index in [1.54, 1.807) is 12.1 Å². The van der Waals surface area contributed by atoms with Crippen molar-refractivity contribution in [2.75, 3.05) is 6.61 Å². The van der Waals surface area contributed by atoms with Gasteiger partial charge in [-0.15, -0.1) is 0 Å². The van der Waals surface area contributed by atoms with Crippen LogP contribution in [0.1, 0.15) is 30.0 Å². The van der Waals surface area contributed by atoms with Crippen molar-refractivity contribution < 1.29 is 9.50 Å². The Morgan fingerprint density at radius 1 is 1.10 bits per heavy atom. The fraction of sp³-hybridized carbons (Fsp3) is 0.333. The first kappa shape index (κ1) is 14.7. The molecule has 2 aromatic carbocycles. The van der Waals surface area contributed by atoms with E-state index < -0.39 is 0 Å². The molecule has 0 saturated heterocycles. The molecule has 0 saturated carbocycles. The van der Waals surface area contributed by atoms with Gasteiger partial charge in [-0.05, 0) is 48.6 Å². The molecule has 106 valence electrons. The van der Waals surface area contributed by atoms with Crippen molar-refractivity contribution in [1.82, 2.24) is 0 Å². The van der Waals surface area contributed by atoms with E-state index in [2.05, 4.69) is 6.92 Å². The zero-order chi connectivity index (χ0) is 14.6. The van der Waals surface area contributed by atoms with Crippen molar-refractivity contribution in [2.24, 2.45) is 0 Å². The Labute approximate surface area is 120 Å². The molecule has 0 radical (unpaired) electrons. The summed E-state index contributed by atoms with van der Waals surface area (Å²) in [4.78, 5) is 0. The van der Waals surface area contributed by atoms with E-state index in [4.69, 9.17) is 0 Å². The summed E-state index contributed by atoms with van der Waals surface area (Å²) in [7, 11) is 0. The first-order valence-electron chi connectivity index (χ1n) is 7.03. The Bertz CT molecular complexity index is 559. The molecule has 0 bridgehead atoms. The van der Waals surface area contributed by atoms with Gasteiger partial charge in [-0.3, -0.25) is 0 Å². The molecular formula is C18H21FO. The van der Waals surface area contributed by atoms with Crippen LogP contribution in [0.4, 0.5) is 4.39 Å². The molecule has 0 heterocycles. The van der Waals surface area contributed by atoms with Gasteiger partial charge < -0.3 is 5.11 Å². The molecule has 1 nitrogen and oxygen atoms in total. The third kappa shape index (κ3) is 2.91. The molecule has 2 rings (SSSR count). The van der Waals surface area contributed by atoms with Gasteiger partial charge in [0.05, 0.1) is 6.61 Å². The zero-order valence-corrected chi connectivity index (χ0v) is 12.1. The van der Waals surface area contributed by atoms with Crippen LogP contribution in [-0.4, -0.2) is 11.7 Å². The van der Waals surface area contributed by atoms with E-state index in [0.717, 1.165) is 23.1 Å². The second-order valence-electron chi connectivity index (χ2n) is 5.41. The third-order valence-corrected chi connectivity index (χ3v) is 4.21. The van der Waals surface area contributed by atoms with E-state index >= 15 is 0 Å². The summed E-state index contributed by atoms with van der Waals surface area (Å²) < 4.78 is 13.5. The highest BCUT2D eigenvalue weighted by atomic mass is 19.1. The lowest BCUT2D eigenvalue weighted by Gasteiger charge is -2.32. The molecule has 2 heteroatoms. The predicted octanol–water partition coefficient (Wildman–Crippen LogP) is 4.02. The van der Waals surface area contributed by atoms with E-state index in [-0.39, 0.29) is 17.8 Å². The lowest BCUT2D eigenvalue weighted by atomic mass is 9.73. The molecule has 0 aliphatic carbocycles. The van der Waals surface area contributed by atoms with Crippen LogP contribution in [0.3, 0.4) is 0 Å². The maximum Gasteiger partial charge on any atom is 0.123 e. The molecule has 0 aliphatic rings. The molecule has 1 N–H and O–H groups in total. The number of aliphatic hydroxyl groups is 1. The van der Waals surface area contributed by atoms with Crippen LogP contribution in [-0.2, 0) is 11.8 Å². The molecule has 0 fully saturated rings.